The lowest BCUT2D eigenvalue weighted by atomic mass is 10.0. The van der Waals surface area contributed by atoms with Gasteiger partial charge in [0.25, 0.3) is 0 Å². The number of para-hydroxylation sites is 1. The Morgan fingerprint density at radius 2 is 2.10 bits per heavy atom. The molecular weight excluding hydrogens is 268 g/mol. The molecule has 1 aromatic carbocycles. The van der Waals surface area contributed by atoms with Crippen molar-refractivity contribution in [3.8, 4) is 11.5 Å². The molecule has 0 spiro atoms. The molecule has 1 aromatic rings. The molecule has 0 aliphatic carbocycles. The fraction of sp³-hybridized carbons (Fsp3) is 0.562. The van der Waals surface area contributed by atoms with Crippen molar-refractivity contribution in [1.29, 1.82) is 0 Å². The van der Waals surface area contributed by atoms with Crippen LogP contribution in [-0.4, -0.2) is 50.6 Å². The third-order valence-electron chi connectivity index (χ3n) is 3.82. The third-order valence-corrected chi connectivity index (χ3v) is 3.82. The van der Waals surface area contributed by atoms with E-state index >= 15 is 0 Å². The first kappa shape index (κ1) is 15.8. The molecule has 116 valence electrons. The van der Waals surface area contributed by atoms with Gasteiger partial charge < -0.3 is 20.1 Å². The molecule has 0 aromatic heterocycles. The molecule has 1 heterocycles. The average Bonchev–Trinajstić information content (AvgIpc) is 2.50. The summed E-state index contributed by atoms with van der Waals surface area (Å²) in [5, 5.41) is 0. The zero-order valence-corrected chi connectivity index (χ0v) is 12.8. The van der Waals surface area contributed by atoms with Crippen molar-refractivity contribution in [3.05, 3.63) is 23.8 Å². The third kappa shape index (κ3) is 3.95. The minimum Gasteiger partial charge on any atom is -0.493 e. The fourth-order valence-electron chi connectivity index (χ4n) is 2.55. The van der Waals surface area contributed by atoms with Gasteiger partial charge in [0, 0.05) is 19.5 Å². The normalized spacial score (nSPS) is 16.7. The lowest BCUT2D eigenvalue weighted by Gasteiger charge is -2.30. The van der Waals surface area contributed by atoms with Crippen molar-refractivity contribution < 1.29 is 14.3 Å². The van der Waals surface area contributed by atoms with Crippen LogP contribution >= 0.6 is 0 Å². The van der Waals surface area contributed by atoms with Crippen LogP contribution in [0.2, 0.25) is 0 Å². The zero-order chi connectivity index (χ0) is 15.2. The van der Waals surface area contributed by atoms with Crippen LogP contribution in [0.25, 0.3) is 0 Å². The maximum atomic E-state index is 12.2. The van der Waals surface area contributed by atoms with Crippen LogP contribution < -0.4 is 15.2 Å². The number of piperidine rings is 1. The molecule has 1 aliphatic rings. The van der Waals surface area contributed by atoms with Crippen molar-refractivity contribution in [3.63, 3.8) is 0 Å². The molecule has 0 radical (unpaired) electrons. The summed E-state index contributed by atoms with van der Waals surface area (Å²) in [6.45, 7) is 2.35. The predicted octanol–water partition coefficient (Wildman–Crippen LogP) is 1.70. The molecule has 2 N–H and O–H groups in total. The summed E-state index contributed by atoms with van der Waals surface area (Å²) >= 11 is 0. The van der Waals surface area contributed by atoms with Crippen molar-refractivity contribution >= 4 is 5.78 Å². The van der Waals surface area contributed by atoms with Gasteiger partial charge in [-0.15, -0.1) is 0 Å². The van der Waals surface area contributed by atoms with E-state index in [1.807, 2.05) is 12.1 Å². The van der Waals surface area contributed by atoms with Gasteiger partial charge in [0.15, 0.2) is 17.3 Å². The number of nitrogens with two attached hydrogens (primary N) is 1. The van der Waals surface area contributed by atoms with Crippen LogP contribution in [0.1, 0.15) is 29.6 Å². The Hall–Kier alpha value is -1.59. The van der Waals surface area contributed by atoms with E-state index in [2.05, 4.69) is 11.9 Å². The van der Waals surface area contributed by atoms with E-state index in [1.165, 1.54) is 0 Å². The minimum absolute atomic E-state index is 0.000623. The second-order valence-electron chi connectivity index (χ2n) is 5.42. The van der Waals surface area contributed by atoms with E-state index in [9.17, 15) is 4.79 Å². The SMILES string of the molecule is COc1cccc(C(=O)CCN)c1OC1CCN(C)CC1. The standard InChI is InChI=1S/C16H24N2O3/c1-18-10-7-12(8-11-18)21-16-13(14(19)6-9-17)4-3-5-15(16)20-2/h3-5,12H,6-11,17H2,1-2H3. The summed E-state index contributed by atoms with van der Waals surface area (Å²) in [5.41, 5.74) is 6.06. The smallest absolute Gasteiger partial charge is 0.172 e. The van der Waals surface area contributed by atoms with Crippen LogP contribution in [0.5, 0.6) is 11.5 Å². The highest BCUT2D eigenvalue weighted by atomic mass is 16.5. The van der Waals surface area contributed by atoms with E-state index in [4.69, 9.17) is 15.2 Å². The van der Waals surface area contributed by atoms with Crippen LogP contribution in [0.4, 0.5) is 0 Å². The van der Waals surface area contributed by atoms with Gasteiger partial charge in [-0.25, -0.2) is 0 Å². The Balaban J connectivity index is 2.21. The van der Waals surface area contributed by atoms with Gasteiger partial charge in [-0.1, -0.05) is 6.07 Å². The summed E-state index contributed by atoms with van der Waals surface area (Å²) in [4.78, 5) is 14.5. The van der Waals surface area contributed by atoms with Crippen LogP contribution in [-0.2, 0) is 0 Å². The molecular formula is C16H24N2O3. The molecule has 5 nitrogen and oxygen atoms in total. The monoisotopic (exact) mass is 292 g/mol. The molecule has 0 atom stereocenters. The Labute approximate surface area is 126 Å². The molecule has 1 aliphatic heterocycles. The van der Waals surface area contributed by atoms with E-state index in [-0.39, 0.29) is 11.9 Å². The number of likely N-dealkylation sites (tertiary alicyclic amines) is 1. The van der Waals surface area contributed by atoms with Crippen molar-refractivity contribution in [2.75, 3.05) is 33.8 Å². The summed E-state index contributed by atoms with van der Waals surface area (Å²) in [5.74, 6) is 1.17. The molecule has 21 heavy (non-hydrogen) atoms. The first-order valence-corrected chi connectivity index (χ1v) is 7.41. The highest BCUT2D eigenvalue weighted by Crippen LogP contribution is 2.34. The lowest BCUT2D eigenvalue weighted by molar-refractivity contribution is 0.0949. The largest absolute Gasteiger partial charge is 0.493 e. The fourth-order valence-corrected chi connectivity index (χ4v) is 2.55. The Kier molecular flexibility index (Phi) is 5.59. The number of rotatable bonds is 6. The zero-order valence-electron chi connectivity index (χ0n) is 12.8. The molecule has 0 bridgehead atoms. The first-order valence-electron chi connectivity index (χ1n) is 7.41. The van der Waals surface area contributed by atoms with Crippen LogP contribution in [0, 0.1) is 0 Å². The number of nitrogens with zero attached hydrogens (tertiary/aromatic N) is 1. The molecule has 0 amide bonds. The topological polar surface area (TPSA) is 64.8 Å². The number of hydrogen-bond donors (Lipinski definition) is 1. The van der Waals surface area contributed by atoms with Gasteiger partial charge in [0.1, 0.15) is 6.10 Å². The lowest BCUT2D eigenvalue weighted by Crippen LogP contribution is -2.36. The van der Waals surface area contributed by atoms with Crippen molar-refractivity contribution in [1.82, 2.24) is 4.90 Å². The Morgan fingerprint density at radius 1 is 1.38 bits per heavy atom. The van der Waals surface area contributed by atoms with Gasteiger partial charge in [-0.2, -0.15) is 0 Å². The molecule has 0 saturated carbocycles. The number of ether oxygens (including phenoxy) is 2. The highest BCUT2D eigenvalue weighted by molar-refractivity contribution is 5.99. The van der Waals surface area contributed by atoms with Gasteiger partial charge in [0.05, 0.1) is 12.7 Å². The van der Waals surface area contributed by atoms with Crippen molar-refractivity contribution in [2.24, 2.45) is 5.73 Å². The quantitative estimate of drug-likeness (QED) is 0.808. The number of hydrogen-bond acceptors (Lipinski definition) is 5. The summed E-state index contributed by atoms with van der Waals surface area (Å²) in [6.07, 6.45) is 2.36. The summed E-state index contributed by atoms with van der Waals surface area (Å²) < 4.78 is 11.5. The minimum atomic E-state index is -0.000623. The van der Waals surface area contributed by atoms with Crippen LogP contribution in [0.3, 0.4) is 0 Å². The van der Waals surface area contributed by atoms with E-state index in [0.717, 1.165) is 25.9 Å². The number of carbonyl (C=O) groups is 1. The van der Waals surface area contributed by atoms with E-state index in [0.29, 0.717) is 30.0 Å². The first-order chi connectivity index (χ1) is 10.2. The summed E-state index contributed by atoms with van der Waals surface area (Å²) in [6, 6.07) is 5.42. The second kappa shape index (κ2) is 7.43. The number of carbonyl (C=O) groups excluding carboxylic acids is 1. The molecule has 0 unspecified atom stereocenters. The Bertz CT molecular complexity index is 482. The van der Waals surface area contributed by atoms with Gasteiger partial charge in [0.2, 0.25) is 0 Å². The number of methoxy groups -OCH3 is 1. The highest BCUT2D eigenvalue weighted by Gasteiger charge is 2.23. The van der Waals surface area contributed by atoms with Crippen LogP contribution in [0.15, 0.2) is 18.2 Å². The van der Waals surface area contributed by atoms with Gasteiger partial charge >= 0.3 is 0 Å². The van der Waals surface area contributed by atoms with E-state index in [1.54, 1.807) is 13.2 Å². The summed E-state index contributed by atoms with van der Waals surface area (Å²) in [7, 11) is 3.70. The molecule has 1 fully saturated rings. The number of benzene rings is 1. The maximum Gasteiger partial charge on any atom is 0.172 e. The average molecular weight is 292 g/mol. The second-order valence-corrected chi connectivity index (χ2v) is 5.42. The van der Waals surface area contributed by atoms with E-state index < -0.39 is 0 Å². The number of ketones is 1. The van der Waals surface area contributed by atoms with Gasteiger partial charge in [-0.05, 0) is 38.6 Å². The molecule has 5 heteroatoms. The predicted molar refractivity (Wildman–Crippen MR) is 82.1 cm³/mol. The molecule has 1 saturated heterocycles. The van der Waals surface area contributed by atoms with Crippen molar-refractivity contribution in [2.45, 2.75) is 25.4 Å². The molecule has 2 rings (SSSR count). The van der Waals surface area contributed by atoms with Gasteiger partial charge in [-0.3, -0.25) is 4.79 Å². The maximum absolute atomic E-state index is 12.2. The number of Topliss-reactive ketones (excluding diaryl/α,β-unsaturated/α-hetero) is 1. The Morgan fingerprint density at radius 3 is 2.71 bits per heavy atom.